The molecular weight excluding hydrogens is 422 g/mol. The number of anilines is 1. The zero-order valence-corrected chi connectivity index (χ0v) is 18.6. The van der Waals surface area contributed by atoms with Crippen molar-refractivity contribution in [3.63, 3.8) is 0 Å². The second-order valence-corrected chi connectivity index (χ2v) is 8.10. The van der Waals surface area contributed by atoms with Crippen LogP contribution in [-0.2, 0) is 11.3 Å². The van der Waals surface area contributed by atoms with E-state index in [1.165, 1.54) is 9.80 Å². The number of amides is 2. The molecule has 31 heavy (non-hydrogen) atoms. The topological polar surface area (TPSA) is 101 Å². The van der Waals surface area contributed by atoms with Crippen LogP contribution < -0.4 is 9.64 Å². The zero-order chi connectivity index (χ0) is 22.4. The van der Waals surface area contributed by atoms with E-state index in [2.05, 4.69) is 9.97 Å². The van der Waals surface area contributed by atoms with Crippen LogP contribution in [0.1, 0.15) is 48.3 Å². The number of aliphatic hydroxyl groups is 1. The third kappa shape index (κ3) is 5.54. The van der Waals surface area contributed by atoms with E-state index >= 15 is 0 Å². The lowest BCUT2D eigenvalue weighted by Crippen LogP contribution is -2.32. The third-order valence-corrected chi connectivity index (χ3v) is 5.51. The second kappa shape index (κ2) is 10.6. The van der Waals surface area contributed by atoms with E-state index in [1.807, 2.05) is 0 Å². The highest BCUT2D eigenvalue weighted by Crippen LogP contribution is 2.30. The minimum absolute atomic E-state index is 0.0174. The van der Waals surface area contributed by atoms with E-state index in [0.717, 1.165) is 25.7 Å². The van der Waals surface area contributed by atoms with E-state index in [-0.39, 0.29) is 42.7 Å². The van der Waals surface area contributed by atoms with Gasteiger partial charge >= 0.3 is 0 Å². The van der Waals surface area contributed by atoms with Crippen LogP contribution in [0.4, 0.5) is 5.82 Å². The minimum atomic E-state index is -0.320. The molecule has 2 heterocycles. The molecule has 0 aromatic carbocycles. The van der Waals surface area contributed by atoms with Crippen LogP contribution >= 0.6 is 11.6 Å². The molecule has 1 aliphatic carbocycles. The van der Waals surface area contributed by atoms with Gasteiger partial charge in [-0.1, -0.05) is 11.6 Å². The van der Waals surface area contributed by atoms with Crippen molar-refractivity contribution in [3.05, 3.63) is 34.7 Å². The Morgan fingerprint density at radius 3 is 2.71 bits per heavy atom. The smallest absolute Gasteiger partial charge is 0.299 e. The van der Waals surface area contributed by atoms with Crippen molar-refractivity contribution in [2.45, 2.75) is 44.8 Å². The van der Waals surface area contributed by atoms with Crippen LogP contribution in [0.15, 0.2) is 18.3 Å². The molecule has 0 radical (unpaired) electrons. The van der Waals surface area contributed by atoms with Gasteiger partial charge in [-0.05, 0) is 44.2 Å². The average molecular weight is 450 g/mol. The number of rotatable bonds is 10. The van der Waals surface area contributed by atoms with Crippen LogP contribution in [-0.4, -0.2) is 70.2 Å². The van der Waals surface area contributed by atoms with Gasteiger partial charge in [-0.2, -0.15) is 4.98 Å². The third-order valence-electron chi connectivity index (χ3n) is 5.29. The van der Waals surface area contributed by atoms with Gasteiger partial charge in [0, 0.05) is 33.4 Å². The Hall–Kier alpha value is -2.65. The molecule has 10 heteroatoms. The van der Waals surface area contributed by atoms with Crippen molar-refractivity contribution < 1.29 is 19.4 Å². The molecule has 9 nitrogen and oxygen atoms in total. The molecule has 1 N–H and O–H groups in total. The van der Waals surface area contributed by atoms with E-state index in [0.29, 0.717) is 30.1 Å². The molecule has 0 bridgehead atoms. The number of halogens is 1. The Bertz CT molecular complexity index is 896. The predicted octanol–water partition coefficient (Wildman–Crippen LogP) is 2.35. The summed E-state index contributed by atoms with van der Waals surface area (Å²) in [6, 6.07) is 3.78. The fourth-order valence-electron chi connectivity index (χ4n) is 3.57. The number of carbonyl (C=O) groups excluding carboxylic acids is 2. The lowest BCUT2D eigenvalue weighted by atomic mass is 10.3. The molecule has 1 saturated carbocycles. The Morgan fingerprint density at radius 1 is 1.35 bits per heavy atom. The van der Waals surface area contributed by atoms with Gasteiger partial charge in [-0.15, -0.1) is 0 Å². The van der Waals surface area contributed by atoms with Crippen LogP contribution in [0.25, 0.3) is 0 Å². The molecule has 2 aromatic heterocycles. The van der Waals surface area contributed by atoms with Crippen LogP contribution in [0.5, 0.6) is 6.01 Å². The van der Waals surface area contributed by atoms with E-state index in [1.54, 1.807) is 37.0 Å². The predicted molar refractivity (Wildman–Crippen MR) is 117 cm³/mol. The van der Waals surface area contributed by atoms with E-state index < -0.39 is 0 Å². The monoisotopic (exact) mass is 449 g/mol. The first-order valence-corrected chi connectivity index (χ1v) is 10.7. The first-order chi connectivity index (χ1) is 14.9. The van der Waals surface area contributed by atoms with Gasteiger partial charge < -0.3 is 19.6 Å². The fourth-order valence-corrected chi connectivity index (χ4v) is 3.68. The summed E-state index contributed by atoms with van der Waals surface area (Å²) >= 11 is 5.96. The Balaban J connectivity index is 2.06. The lowest BCUT2D eigenvalue weighted by molar-refractivity contribution is -0.107. The molecule has 168 valence electrons. The molecule has 2 amide bonds. The van der Waals surface area contributed by atoms with Crippen LogP contribution in [0.3, 0.4) is 0 Å². The summed E-state index contributed by atoms with van der Waals surface area (Å²) in [4.78, 5) is 36.5. The molecule has 0 aliphatic heterocycles. The maximum Gasteiger partial charge on any atom is 0.299 e. The highest BCUT2D eigenvalue weighted by Gasteiger charge is 2.30. The SMILES string of the molecule is CN(CCCO)C(=O)c1c(N(C)C=O)nc(OC2CCCC2)n1Cc1ccc(Cl)cn1. The van der Waals surface area contributed by atoms with Gasteiger partial charge in [-0.3, -0.25) is 19.1 Å². The standard InChI is InChI=1S/C21H28ClN5O4/c1-25(10-5-11-28)20(30)18-19(26(2)14-29)24-21(31-17-6-3-4-7-17)27(18)13-16-9-8-15(22)12-23-16/h8-9,12,14,17,28H,3-7,10-11,13H2,1-2H3. The van der Waals surface area contributed by atoms with Crippen LogP contribution in [0, 0.1) is 0 Å². The number of imidazole rings is 1. The molecule has 0 spiro atoms. The van der Waals surface area contributed by atoms with E-state index in [4.69, 9.17) is 21.4 Å². The first kappa shape index (κ1) is 23.0. The van der Waals surface area contributed by atoms with Gasteiger partial charge in [0.2, 0.25) is 6.41 Å². The Labute approximate surface area is 186 Å². The molecule has 0 saturated heterocycles. The Kier molecular flexibility index (Phi) is 7.86. The van der Waals surface area contributed by atoms with Crippen molar-refractivity contribution in [2.75, 3.05) is 32.1 Å². The van der Waals surface area contributed by atoms with Gasteiger partial charge in [0.15, 0.2) is 11.5 Å². The molecule has 1 fully saturated rings. The summed E-state index contributed by atoms with van der Waals surface area (Å²) in [5.74, 6) is -0.0994. The maximum absolute atomic E-state index is 13.4. The van der Waals surface area contributed by atoms with Crippen molar-refractivity contribution in [2.24, 2.45) is 0 Å². The van der Waals surface area contributed by atoms with Crippen LogP contribution in [0.2, 0.25) is 5.02 Å². The summed E-state index contributed by atoms with van der Waals surface area (Å²) in [7, 11) is 3.20. The van der Waals surface area contributed by atoms with E-state index in [9.17, 15) is 9.59 Å². The second-order valence-electron chi connectivity index (χ2n) is 7.66. The number of hydrogen-bond donors (Lipinski definition) is 1. The number of aromatic nitrogens is 3. The zero-order valence-electron chi connectivity index (χ0n) is 17.8. The number of hydrogen-bond acceptors (Lipinski definition) is 6. The van der Waals surface area contributed by atoms with Crippen molar-refractivity contribution in [1.29, 1.82) is 0 Å². The average Bonchev–Trinajstić information content (AvgIpc) is 3.41. The molecule has 0 atom stereocenters. The van der Waals surface area contributed by atoms with Gasteiger partial charge in [-0.25, -0.2) is 0 Å². The minimum Gasteiger partial charge on any atom is -0.461 e. The number of carbonyl (C=O) groups is 2. The molecule has 2 aromatic rings. The summed E-state index contributed by atoms with van der Waals surface area (Å²) in [5.41, 5.74) is 0.908. The summed E-state index contributed by atoms with van der Waals surface area (Å²) in [6.45, 7) is 0.569. The maximum atomic E-state index is 13.4. The fraction of sp³-hybridized carbons (Fsp3) is 0.524. The molecule has 1 aliphatic rings. The Morgan fingerprint density at radius 2 is 2.10 bits per heavy atom. The summed E-state index contributed by atoms with van der Waals surface area (Å²) < 4.78 is 7.84. The summed E-state index contributed by atoms with van der Waals surface area (Å²) in [5, 5.41) is 9.65. The first-order valence-electron chi connectivity index (χ1n) is 10.4. The molecule has 3 rings (SSSR count). The van der Waals surface area contributed by atoms with Gasteiger partial charge in [0.25, 0.3) is 11.9 Å². The van der Waals surface area contributed by atoms with Crippen molar-refractivity contribution in [1.82, 2.24) is 19.4 Å². The number of aliphatic hydroxyl groups excluding tert-OH is 1. The summed E-state index contributed by atoms with van der Waals surface area (Å²) in [6.07, 6.45) is 6.62. The van der Waals surface area contributed by atoms with Crippen molar-refractivity contribution in [3.8, 4) is 6.01 Å². The quantitative estimate of drug-likeness (QED) is 0.559. The number of nitrogens with zero attached hydrogens (tertiary/aromatic N) is 5. The van der Waals surface area contributed by atoms with Gasteiger partial charge in [0.05, 0.1) is 17.3 Å². The molecular formula is C21H28ClN5O4. The lowest BCUT2D eigenvalue weighted by Gasteiger charge is -2.20. The largest absolute Gasteiger partial charge is 0.461 e. The highest BCUT2D eigenvalue weighted by atomic mass is 35.5. The van der Waals surface area contributed by atoms with Gasteiger partial charge in [0.1, 0.15) is 6.10 Å². The number of pyridine rings is 1. The highest BCUT2D eigenvalue weighted by molar-refractivity contribution is 6.30. The van der Waals surface area contributed by atoms with Crippen molar-refractivity contribution >= 4 is 29.7 Å². The normalized spacial score (nSPS) is 13.9. The molecule has 0 unspecified atom stereocenters. The number of ether oxygens (including phenoxy) is 1.